The molecule has 1 heterocycles. The first-order chi connectivity index (χ1) is 9.61. The summed E-state index contributed by atoms with van der Waals surface area (Å²) in [6.45, 7) is 2.11. The molecule has 0 spiro atoms. The van der Waals surface area contributed by atoms with E-state index in [0.717, 1.165) is 10.6 Å². The van der Waals surface area contributed by atoms with Crippen LogP contribution in [0, 0.1) is 0 Å². The first-order valence-corrected chi connectivity index (χ1v) is 7.20. The summed E-state index contributed by atoms with van der Waals surface area (Å²) in [4.78, 5) is 12.8. The summed E-state index contributed by atoms with van der Waals surface area (Å²) in [5.41, 5.74) is 1.29. The molecule has 0 aliphatic rings. The van der Waals surface area contributed by atoms with Crippen molar-refractivity contribution < 1.29 is 14.6 Å². The van der Waals surface area contributed by atoms with Crippen LogP contribution in [0.1, 0.15) is 23.0 Å². The number of phenols is 1. The van der Waals surface area contributed by atoms with E-state index in [1.165, 1.54) is 18.0 Å². The fraction of sp³-hybridized carbons (Fsp3) is 0.286. The topological polar surface area (TPSA) is 64.3 Å². The Kier molecular flexibility index (Phi) is 4.68. The second kappa shape index (κ2) is 6.47. The summed E-state index contributed by atoms with van der Waals surface area (Å²) in [6, 6.07) is 7.00. The zero-order valence-electron chi connectivity index (χ0n) is 11.4. The molecule has 6 heteroatoms. The molecule has 0 saturated carbocycles. The molecule has 1 N–H and O–H groups in total. The Labute approximate surface area is 121 Å². The predicted molar refractivity (Wildman–Crippen MR) is 76.8 cm³/mol. The summed E-state index contributed by atoms with van der Waals surface area (Å²) in [5, 5.41) is 13.5. The van der Waals surface area contributed by atoms with Crippen molar-refractivity contribution in [2.45, 2.75) is 17.6 Å². The number of aryl methyl sites for hydroxylation is 1. The maximum Gasteiger partial charge on any atom is 0.341 e. The molecule has 1 aromatic heterocycles. The van der Waals surface area contributed by atoms with Gasteiger partial charge in [0, 0.05) is 17.7 Å². The van der Waals surface area contributed by atoms with E-state index in [9.17, 15) is 9.90 Å². The van der Waals surface area contributed by atoms with Gasteiger partial charge in [-0.3, -0.25) is 4.68 Å². The number of thioether (sulfide) groups is 1. The first-order valence-electron chi connectivity index (χ1n) is 6.21. The second-order valence-electron chi connectivity index (χ2n) is 4.14. The van der Waals surface area contributed by atoms with Gasteiger partial charge in [0.2, 0.25) is 0 Å². The number of carbonyl (C=O) groups excluding carboxylic acids is 1. The Morgan fingerprint density at radius 3 is 3.00 bits per heavy atom. The number of nitrogens with zero attached hydrogens (tertiary/aromatic N) is 2. The van der Waals surface area contributed by atoms with Crippen molar-refractivity contribution in [2.75, 3.05) is 6.61 Å². The van der Waals surface area contributed by atoms with Crippen LogP contribution in [-0.4, -0.2) is 27.5 Å². The number of esters is 1. The molecule has 20 heavy (non-hydrogen) atoms. The molecule has 0 aliphatic carbocycles. The molecule has 2 rings (SSSR count). The highest BCUT2D eigenvalue weighted by atomic mass is 32.2. The Morgan fingerprint density at radius 1 is 1.50 bits per heavy atom. The van der Waals surface area contributed by atoms with Crippen LogP contribution in [0.5, 0.6) is 5.75 Å². The Hall–Kier alpha value is -1.95. The summed E-state index contributed by atoms with van der Waals surface area (Å²) in [6.07, 6.45) is 1.52. The molecular weight excluding hydrogens is 276 g/mol. The van der Waals surface area contributed by atoms with Gasteiger partial charge >= 0.3 is 5.97 Å². The van der Waals surface area contributed by atoms with Crippen molar-refractivity contribution in [3.8, 4) is 5.75 Å². The SMILES string of the molecule is CCOC(=O)c1cnn(C)c1CSc1cccc(O)c1. The maximum atomic E-state index is 11.8. The molecular formula is C14H16N2O3S. The zero-order chi connectivity index (χ0) is 14.5. The number of aromatic nitrogens is 2. The molecule has 0 atom stereocenters. The molecule has 0 saturated heterocycles. The lowest BCUT2D eigenvalue weighted by molar-refractivity contribution is 0.0525. The predicted octanol–water partition coefficient (Wildman–Crippen LogP) is 2.59. The summed E-state index contributed by atoms with van der Waals surface area (Å²) < 4.78 is 6.68. The van der Waals surface area contributed by atoms with E-state index in [-0.39, 0.29) is 11.7 Å². The fourth-order valence-corrected chi connectivity index (χ4v) is 2.76. The van der Waals surface area contributed by atoms with Gasteiger partial charge in [-0.1, -0.05) is 6.07 Å². The van der Waals surface area contributed by atoms with Crippen LogP contribution in [-0.2, 0) is 17.5 Å². The number of aromatic hydroxyl groups is 1. The lowest BCUT2D eigenvalue weighted by Crippen LogP contribution is -2.08. The van der Waals surface area contributed by atoms with Crippen LogP contribution in [0.4, 0.5) is 0 Å². The highest BCUT2D eigenvalue weighted by molar-refractivity contribution is 7.98. The number of hydrogen-bond donors (Lipinski definition) is 1. The third kappa shape index (κ3) is 3.33. The molecule has 106 valence electrons. The number of phenolic OH excluding ortho intramolecular Hbond substituents is 1. The largest absolute Gasteiger partial charge is 0.508 e. The van der Waals surface area contributed by atoms with Gasteiger partial charge < -0.3 is 9.84 Å². The average molecular weight is 292 g/mol. The smallest absolute Gasteiger partial charge is 0.341 e. The Bertz CT molecular complexity index is 610. The highest BCUT2D eigenvalue weighted by Gasteiger charge is 2.17. The van der Waals surface area contributed by atoms with E-state index in [4.69, 9.17) is 4.74 Å². The Balaban J connectivity index is 2.13. The van der Waals surface area contributed by atoms with Crippen LogP contribution in [0.2, 0.25) is 0 Å². The van der Waals surface area contributed by atoms with E-state index < -0.39 is 0 Å². The maximum absolute atomic E-state index is 11.8. The van der Waals surface area contributed by atoms with E-state index in [0.29, 0.717) is 17.9 Å². The van der Waals surface area contributed by atoms with Crippen LogP contribution in [0.3, 0.4) is 0 Å². The van der Waals surface area contributed by atoms with Crippen molar-refractivity contribution in [2.24, 2.45) is 7.05 Å². The van der Waals surface area contributed by atoms with Crippen molar-refractivity contribution in [3.63, 3.8) is 0 Å². The van der Waals surface area contributed by atoms with Crippen molar-refractivity contribution in [1.82, 2.24) is 9.78 Å². The third-order valence-corrected chi connectivity index (χ3v) is 3.76. The minimum absolute atomic E-state index is 0.227. The third-order valence-electron chi connectivity index (χ3n) is 2.75. The minimum atomic E-state index is -0.355. The van der Waals surface area contributed by atoms with E-state index in [1.807, 2.05) is 6.07 Å². The van der Waals surface area contributed by atoms with E-state index >= 15 is 0 Å². The second-order valence-corrected chi connectivity index (χ2v) is 5.18. The molecule has 0 fully saturated rings. The molecule has 0 unspecified atom stereocenters. The van der Waals surface area contributed by atoms with Gasteiger partial charge in [-0.05, 0) is 25.1 Å². The normalized spacial score (nSPS) is 10.5. The lowest BCUT2D eigenvalue weighted by atomic mass is 10.3. The van der Waals surface area contributed by atoms with Gasteiger partial charge in [-0.25, -0.2) is 4.79 Å². The van der Waals surface area contributed by atoms with Gasteiger partial charge in [-0.2, -0.15) is 5.10 Å². The molecule has 0 aliphatic heterocycles. The van der Waals surface area contributed by atoms with E-state index in [2.05, 4.69) is 5.10 Å². The number of carbonyl (C=O) groups is 1. The Morgan fingerprint density at radius 2 is 2.30 bits per heavy atom. The van der Waals surface area contributed by atoms with Gasteiger partial charge in [0.1, 0.15) is 11.3 Å². The number of rotatable bonds is 5. The van der Waals surface area contributed by atoms with Crippen LogP contribution in [0.25, 0.3) is 0 Å². The van der Waals surface area contributed by atoms with Gasteiger partial charge in [0.25, 0.3) is 0 Å². The number of benzene rings is 1. The fourth-order valence-electron chi connectivity index (χ4n) is 1.74. The molecule has 5 nitrogen and oxygen atoms in total. The standard InChI is InChI=1S/C14H16N2O3S/c1-3-19-14(18)12-8-15-16(2)13(12)9-20-11-6-4-5-10(17)7-11/h4-8,17H,3,9H2,1-2H3. The molecule has 1 aromatic carbocycles. The first kappa shape index (κ1) is 14.5. The average Bonchev–Trinajstić information content (AvgIpc) is 2.78. The van der Waals surface area contributed by atoms with E-state index in [1.54, 1.807) is 36.9 Å². The van der Waals surface area contributed by atoms with Crippen LogP contribution < -0.4 is 0 Å². The van der Waals surface area contributed by atoms with Crippen molar-refractivity contribution >= 4 is 17.7 Å². The van der Waals surface area contributed by atoms with Crippen molar-refractivity contribution in [3.05, 3.63) is 41.7 Å². The number of ether oxygens (including phenoxy) is 1. The van der Waals surface area contributed by atoms with Gasteiger partial charge in [0.15, 0.2) is 0 Å². The molecule has 0 radical (unpaired) electrons. The number of hydrogen-bond acceptors (Lipinski definition) is 5. The zero-order valence-corrected chi connectivity index (χ0v) is 12.2. The molecule has 0 amide bonds. The molecule has 0 bridgehead atoms. The monoisotopic (exact) mass is 292 g/mol. The summed E-state index contributed by atoms with van der Waals surface area (Å²) >= 11 is 1.53. The highest BCUT2D eigenvalue weighted by Crippen LogP contribution is 2.26. The van der Waals surface area contributed by atoms with Crippen LogP contribution >= 0.6 is 11.8 Å². The van der Waals surface area contributed by atoms with Crippen LogP contribution in [0.15, 0.2) is 35.4 Å². The molecule has 2 aromatic rings. The summed E-state index contributed by atoms with van der Waals surface area (Å²) in [5.74, 6) is 0.450. The lowest BCUT2D eigenvalue weighted by Gasteiger charge is -2.06. The minimum Gasteiger partial charge on any atom is -0.508 e. The van der Waals surface area contributed by atoms with Crippen molar-refractivity contribution in [1.29, 1.82) is 0 Å². The van der Waals surface area contributed by atoms with Gasteiger partial charge in [0.05, 0.1) is 18.5 Å². The van der Waals surface area contributed by atoms with Gasteiger partial charge in [-0.15, -0.1) is 11.8 Å². The quantitative estimate of drug-likeness (QED) is 0.678. The summed E-state index contributed by atoms with van der Waals surface area (Å²) in [7, 11) is 1.79.